The van der Waals surface area contributed by atoms with E-state index >= 15 is 0 Å². The highest BCUT2D eigenvalue weighted by atomic mass is 32.2. The summed E-state index contributed by atoms with van der Waals surface area (Å²) in [4.78, 5) is 24.0. The Hall–Kier alpha value is -2.84. The summed E-state index contributed by atoms with van der Waals surface area (Å²) >= 11 is 0. The minimum atomic E-state index is -4.50. The average Bonchev–Trinajstić information content (AvgIpc) is 2.66. The molecule has 0 aliphatic heterocycles. The maximum atomic E-state index is 13.0. The summed E-state index contributed by atoms with van der Waals surface area (Å²) in [6.07, 6.45) is 0. The van der Waals surface area contributed by atoms with Crippen LogP contribution < -0.4 is 10.1 Å². The molecule has 0 atom stereocenters. The number of carbonyl (C=O) groups is 1. The van der Waals surface area contributed by atoms with E-state index in [1.807, 2.05) is 0 Å². The zero-order valence-corrected chi connectivity index (χ0v) is 17.7. The van der Waals surface area contributed by atoms with Gasteiger partial charge in [-0.1, -0.05) is 18.2 Å². The van der Waals surface area contributed by atoms with Crippen LogP contribution in [0.5, 0.6) is 6.01 Å². The van der Waals surface area contributed by atoms with Crippen molar-refractivity contribution in [3.05, 3.63) is 36.2 Å². The fourth-order valence-corrected chi connectivity index (χ4v) is 4.60. The second kappa shape index (κ2) is 8.67. The van der Waals surface area contributed by atoms with E-state index in [0.717, 1.165) is 4.31 Å². The van der Waals surface area contributed by atoms with Gasteiger partial charge in [0.05, 0.1) is 12.0 Å². The summed E-state index contributed by atoms with van der Waals surface area (Å²) in [6, 6.07) is 5.60. The molecule has 0 fully saturated rings. The maximum Gasteiger partial charge on any atom is 0.339 e. The molecule has 29 heavy (non-hydrogen) atoms. The Bertz CT molecular complexity index is 1090. The number of aromatic nitrogens is 3. The molecular weight excluding hydrogens is 424 g/mol. The number of urea groups is 1. The van der Waals surface area contributed by atoms with Gasteiger partial charge in [0.25, 0.3) is 10.0 Å². The Kier molecular flexibility index (Phi) is 6.71. The molecule has 0 aliphatic carbocycles. The van der Waals surface area contributed by atoms with Crippen molar-refractivity contribution < 1.29 is 26.4 Å². The van der Waals surface area contributed by atoms with E-state index in [2.05, 4.69) is 20.3 Å². The van der Waals surface area contributed by atoms with Crippen LogP contribution >= 0.6 is 0 Å². The Morgan fingerprint density at radius 1 is 1.07 bits per heavy atom. The minimum Gasteiger partial charge on any atom is -0.467 e. The summed E-state index contributed by atoms with van der Waals surface area (Å²) in [5.74, 6) is -1.22. The first-order chi connectivity index (χ1) is 13.5. The van der Waals surface area contributed by atoms with Crippen molar-refractivity contribution in [3.8, 4) is 6.01 Å². The summed E-state index contributed by atoms with van der Waals surface area (Å²) in [6.45, 7) is 1.51. The summed E-state index contributed by atoms with van der Waals surface area (Å²) in [5.41, 5.74) is 0. The van der Waals surface area contributed by atoms with Gasteiger partial charge in [0.1, 0.15) is 5.82 Å². The number of methoxy groups -OCH3 is 1. The first-order valence-corrected chi connectivity index (χ1v) is 11.1. The van der Waals surface area contributed by atoms with Gasteiger partial charge >= 0.3 is 12.0 Å². The van der Waals surface area contributed by atoms with Gasteiger partial charge < -0.3 is 4.74 Å². The number of nitrogens with zero attached hydrogens (tertiary/aromatic N) is 5. The average molecular weight is 444 g/mol. The number of amides is 2. The zero-order chi connectivity index (χ0) is 21.8. The molecule has 12 nitrogen and oxygen atoms in total. The summed E-state index contributed by atoms with van der Waals surface area (Å²) in [5, 5.41) is 2.18. The number of anilines is 1. The van der Waals surface area contributed by atoms with Gasteiger partial charge in [0.15, 0.2) is 5.88 Å². The van der Waals surface area contributed by atoms with Crippen molar-refractivity contribution in [3.63, 3.8) is 0 Å². The second-order valence-corrected chi connectivity index (χ2v) is 9.83. The van der Waals surface area contributed by atoms with Crippen LogP contribution in [0.25, 0.3) is 0 Å². The minimum absolute atomic E-state index is 0.105. The molecule has 14 heteroatoms. The third kappa shape index (κ3) is 5.36. The molecule has 158 valence electrons. The smallest absolute Gasteiger partial charge is 0.339 e. The molecule has 0 aliphatic rings. The van der Waals surface area contributed by atoms with Crippen molar-refractivity contribution in [2.45, 2.75) is 11.8 Å². The van der Waals surface area contributed by atoms with Crippen LogP contribution in [0.4, 0.5) is 10.7 Å². The molecule has 0 unspecified atom stereocenters. The third-order valence-corrected chi connectivity index (χ3v) is 7.13. The topological polar surface area (TPSA) is 152 Å². The van der Waals surface area contributed by atoms with Gasteiger partial charge in [-0.2, -0.15) is 15.0 Å². The van der Waals surface area contributed by atoms with Gasteiger partial charge in [-0.05, 0) is 19.1 Å². The largest absolute Gasteiger partial charge is 0.467 e. The van der Waals surface area contributed by atoms with Crippen molar-refractivity contribution in [1.29, 1.82) is 0 Å². The van der Waals surface area contributed by atoms with Crippen LogP contribution in [0.15, 0.2) is 35.2 Å². The molecule has 0 bridgehead atoms. The van der Waals surface area contributed by atoms with Crippen molar-refractivity contribution in [2.24, 2.45) is 0 Å². The molecule has 0 radical (unpaired) electrons. The first-order valence-electron chi connectivity index (χ1n) is 8.03. The van der Waals surface area contributed by atoms with E-state index in [1.165, 1.54) is 52.4 Å². The zero-order valence-electron chi connectivity index (χ0n) is 16.1. The lowest BCUT2D eigenvalue weighted by molar-refractivity contribution is 0.238. The van der Waals surface area contributed by atoms with E-state index in [4.69, 9.17) is 4.74 Å². The lowest BCUT2D eigenvalue weighted by atomic mass is 10.4. The summed E-state index contributed by atoms with van der Waals surface area (Å²) in [7, 11) is -4.86. The van der Waals surface area contributed by atoms with Crippen molar-refractivity contribution in [2.75, 3.05) is 32.4 Å². The van der Waals surface area contributed by atoms with Crippen LogP contribution in [-0.2, 0) is 20.0 Å². The van der Waals surface area contributed by atoms with Crippen molar-refractivity contribution in [1.82, 2.24) is 23.6 Å². The number of aryl methyl sites for hydroxylation is 1. The van der Waals surface area contributed by atoms with Crippen molar-refractivity contribution >= 4 is 32.0 Å². The number of hydrogen-bond acceptors (Lipinski definition) is 9. The monoisotopic (exact) mass is 444 g/mol. The number of nitrogens with one attached hydrogen (secondary N) is 1. The second-order valence-electron chi connectivity index (χ2n) is 5.81. The van der Waals surface area contributed by atoms with Crippen LogP contribution in [-0.4, -0.2) is 73.5 Å². The maximum absolute atomic E-state index is 13.0. The Labute approximate surface area is 168 Å². The van der Waals surface area contributed by atoms with E-state index in [9.17, 15) is 21.6 Å². The molecule has 1 aromatic carbocycles. The van der Waals surface area contributed by atoms with Gasteiger partial charge in [-0.25, -0.2) is 30.2 Å². The molecule has 1 aromatic heterocycles. The highest BCUT2D eigenvalue weighted by Crippen LogP contribution is 2.18. The lowest BCUT2D eigenvalue weighted by Crippen LogP contribution is -2.45. The standard InChI is InChI=1S/C15H20N6O6S2/c1-11-16-13(18-14(17-11)27-4)19-15(22)21(10-28(23,24)20(2)3)29(25,26)12-8-6-5-7-9-12/h5-9H,10H2,1-4H3,(H,16,17,18,19,22). The Balaban J connectivity index is 2.47. The SMILES string of the molecule is COc1nc(C)nc(NC(=O)N(CS(=O)(=O)N(C)C)S(=O)(=O)c2ccccc2)n1. The fourth-order valence-electron chi connectivity index (χ4n) is 1.98. The number of sulfonamides is 2. The molecule has 0 saturated heterocycles. The van der Waals surface area contributed by atoms with E-state index < -0.39 is 32.0 Å². The van der Waals surface area contributed by atoms with Crippen LogP contribution in [0.2, 0.25) is 0 Å². The Morgan fingerprint density at radius 2 is 1.69 bits per heavy atom. The van der Waals surface area contributed by atoms with Gasteiger partial charge in [-0.15, -0.1) is 0 Å². The number of rotatable bonds is 7. The molecule has 2 aromatic rings. The van der Waals surface area contributed by atoms with Crippen LogP contribution in [0.3, 0.4) is 0 Å². The predicted molar refractivity (Wildman–Crippen MR) is 103 cm³/mol. The highest BCUT2D eigenvalue weighted by molar-refractivity contribution is 7.92. The predicted octanol–water partition coefficient (Wildman–Crippen LogP) is 0.260. The number of benzene rings is 1. The lowest BCUT2D eigenvalue weighted by Gasteiger charge is -2.24. The normalized spacial score (nSPS) is 11.9. The third-order valence-electron chi connectivity index (χ3n) is 3.52. The molecule has 0 spiro atoms. The number of hydrogen-bond donors (Lipinski definition) is 1. The van der Waals surface area contributed by atoms with Gasteiger partial charge in [0.2, 0.25) is 16.0 Å². The molecule has 1 N–H and O–H groups in total. The highest BCUT2D eigenvalue weighted by Gasteiger charge is 2.35. The molecule has 2 amide bonds. The molecule has 2 rings (SSSR count). The van der Waals surface area contributed by atoms with Gasteiger partial charge in [-0.3, -0.25) is 5.32 Å². The first kappa shape index (κ1) is 22.4. The molecular formula is C15H20N6O6S2. The molecule has 0 saturated carbocycles. The van der Waals surface area contributed by atoms with E-state index in [1.54, 1.807) is 6.07 Å². The van der Waals surface area contributed by atoms with Gasteiger partial charge in [0, 0.05) is 14.1 Å². The van der Waals surface area contributed by atoms with Crippen LogP contribution in [0.1, 0.15) is 5.82 Å². The Morgan fingerprint density at radius 3 is 2.24 bits per heavy atom. The van der Waals surface area contributed by atoms with E-state index in [-0.39, 0.29) is 27.0 Å². The quantitative estimate of drug-likeness (QED) is 0.634. The fraction of sp³-hybridized carbons (Fsp3) is 0.333. The van der Waals surface area contributed by atoms with E-state index in [0.29, 0.717) is 0 Å². The van der Waals surface area contributed by atoms with Crippen LogP contribution in [0, 0.1) is 6.92 Å². The number of carbonyl (C=O) groups excluding carboxylic acids is 1. The molecule has 1 heterocycles. The number of ether oxygens (including phenoxy) is 1. The summed E-state index contributed by atoms with van der Waals surface area (Å²) < 4.78 is 56.4.